The number of aromatic nitrogens is 4. The number of rotatable bonds is 3. The molecule has 2 aliphatic heterocycles. The summed E-state index contributed by atoms with van der Waals surface area (Å²) in [6.45, 7) is 7.51. The second-order valence-electron chi connectivity index (χ2n) is 10.5. The molecule has 0 radical (unpaired) electrons. The van der Waals surface area contributed by atoms with E-state index >= 15 is 0 Å². The molecular weight excluding hydrogens is 444 g/mol. The topological polar surface area (TPSA) is 58.4 Å². The van der Waals surface area contributed by atoms with Crippen molar-refractivity contribution in [3.63, 3.8) is 0 Å². The van der Waals surface area contributed by atoms with Crippen molar-refractivity contribution >= 4 is 22.4 Å². The van der Waals surface area contributed by atoms with Gasteiger partial charge in [0.2, 0.25) is 0 Å². The molecule has 6 nitrogen and oxygen atoms in total. The highest BCUT2D eigenvalue weighted by atomic mass is 15.3. The van der Waals surface area contributed by atoms with Crippen LogP contribution in [0.2, 0.25) is 0 Å². The summed E-state index contributed by atoms with van der Waals surface area (Å²) in [6, 6.07) is 17.0. The zero-order valence-electron chi connectivity index (χ0n) is 20.8. The third kappa shape index (κ3) is 3.47. The van der Waals surface area contributed by atoms with E-state index in [-0.39, 0.29) is 0 Å². The van der Waals surface area contributed by atoms with Gasteiger partial charge in [-0.15, -0.1) is 0 Å². The number of nitrogens with one attached hydrogen (secondary N) is 1. The van der Waals surface area contributed by atoms with E-state index in [2.05, 4.69) is 70.2 Å². The zero-order chi connectivity index (χ0) is 24.3. The monoisotopic (exact) mass is 474 g/mol. The summed E-state index contributed by atoms with van der Waals surface area (Å²) in [7, 11) is 0. The first-order valence-corrected chi connectivity index (χ1v) is 12.9. The van der Waals surface area contributed by atoms with Crippen molar-refractivity contribution in [2.24, 2.45) is 0 Å². The molecule has 1 spiro atoms. The molecule has 6 heteroatoms. The van der Waals surface area contributed by atoms with E-state index in [9.17, 15) is 0 Å². The maximum absolute atomic E-state index is 4.93. The maximum atomic E-state index is 4.93. The molecule has 4 aromatic heterocycles. The Morgan fingerprint density at radius 3 is 2.72 bits per heavy atom. The quantitative estimate of drug-likeness (QED) is 0.371. The molecule has 1 aromatic carbocycles. The molecule has 2 aliphatic rings. The first-order valence-electron chi connectivity index (χ1n) is 12.9. The summed E-state index contributed by atoms with van der Waals surface area (Å²) in [4.78, 5) is 16.9. The van der Waals surface area contributed by atoms with Gasteiger partial charge in [-0.25, -0.2) is 9.97 Å². The highest BCUT2D eigenvalue weighted by molar-refractivity contribution is 5.94. The van der Waals surface area contributed by atoms with Crippen molar-refractivity contribution in [2.75, 3.05) is 24.5 Å². The molecule has 2 saturated heterocycles. The largest absolute Gasteiger partial charge is 0.354 e. The molecule has 2 fully saturated rings. The Hall–Kier alpha value is -3.77. The van der Waals surface area contributed by atoms with Gasteiger partial charge in [-0.3, -0.25) is 9.38 Å². The van der Waals surface area contributed by atoms with E-state index in [1.165, 1.54) is 24.8 Å². The molecule has 5 aromatic rings. The van der Waals surface area contributed by atoms with Gasteiger partial charge in [0, 0.05) is 53.2 Å². The van der Waals surface area contributed by atoms with Crippen molar-refractivity contribution in [1.82, 2.24) is 24.7 Å². The van der Waals surface area contributed by atoms with Crippen molar-refractivity contribution < 1.29 is 0 Å². The normalized spacial score (nSPS) is 19.8. The molecule has 6 heterocycles. The fourth-order valence-corrected chi connectivity index (χ4v) is 6.21. The number of aryl methyl sites for hydroxylation is 2. The van der Waals surface area contributed by atoms with Crippen LogP contribution < -0.4 is 10.2 Å². The van der Waals surface area contributed by atoms with Crippen LogP contribution in [0.5, 0.6) is 0 Å². The first-order chi connectivity index (χ1) is 17.6. The Labute approximate surface area is 211 Å². The lowest BCUT2D eigenvalue weighted by atomic mass is 9.97. The van der Waals surface area contributed by atoms with Crippen molar-refractivity contribution in [3.05, 3.63) is 78.4 Å². The lowest BCUT2D eigenvalue weighted by molar-refractivity contribution is 0.418. The Morgan fingerprint density at radius 1 is 0.944 bits per heavy atom. The molecular formula is C30H30N6. The van der Waals surface area contributed by atoms with E-state index in [4.69, 9.17) is 15.0 Å². The van der Waals surface area contributed by atoms with Crippen LogP contribution in [-0.2, 0) is 0 Å². The van der Waals surface area contributed by atoms with Gasteiger partial charge >= 0.3 is 0 Å². The van der Waals surface area contributed by atoms with E-state index in [1.807, 2.05) is 25.4 Å². The lowest BCUT2D eigenvalue weighted by Crippen LogP contribution is -2.42. The van der Waals surface area contributed by atoms with Crippen LogP contribution in [0, 0.1) is 13.8 Å². The molecule has 0 amide bonds. The van der Waals surface area contributed by atoms with Crippen LogP contribution in [0.1, 0.15) is 30.5 Å². The van der Waals surface area contributed by atoms with Crippen LogP contribution in [0.25, 0.3) is 38.9 Å². The second-order valence-corrected chi connectivity index (χ2v) is 10.5. The van der Waals surface area contributed by atoms with Gasteiger partial charge in [0.25, 0.3) is 0 Å². The SMILES string of the molecule is Cc1cc(-c2cnc3cc(-c4cnc(N5CCC6(CCCN6)C5)c(C)c4)ccn23)c2ccccc2n1. The summed E-state index contributed by atoms with van der Waals surface area (Å²) in [6.07, 6.45) is 9.88. The van der Waals surface area contributed by atoms with Crippen molar-refractivity contribution in [1.29, 1.82) is 0 Å². The zero-order valence-corrected chi connectivity index (χ0v) is 20.8. The van der Waals surface area contributed by atoms with Gasteiger partial charge in [-0.05, 0) is 81.1 Å². The molecule has 36 heavy (non-hydrogen) atoms. The Bertz CT molecular complexity index is 1610. The number of hydrogen-bond donors (Lipinski definition) is 1. The fraction of sp³-hybridized carbons (Fsp3) is 0.300. The summed E-state index contributed by atoms with van der Waals surface area (Å²) >= 11 is 0. The van der Waals surface area contributed by atoms with Crippen LogP contribution in [0.4, 0.5) is 5.82 Å². The standard InChI is InChI=1S/C30H30N6/c1-20-14-23(17-32-29(20)35-13-10-30(19-35)9-5-11-33-30)22-8-12-36-27(18-31-28(36)16-22)25-15-21(2)34-26-7-4-3-6-24(25)26/h3-4,6-8,12,14-18,33H,5,9-11,13,19H2,1-2H3. The van der Waals surface area contributed by atoms with Gasteiger partial charge in [0.1, 0.15) is 11.5 Å². The molecule has 1 unspecified atom stereocenters. The number of hydrogen-bond acceptors (Lipinski definition) is 5. The van der Waals surface area contributed by atoms with Gasteiger partial charge < -0.3 is 10.2 Å². The van der Waals surface area contributed by atoms with Crippen LogP contribution in [-0.4, -0.2) is 44.5 Å². The fourth-order valence-electron chi connectivity index (χ4n) is 6.21. The lowest BCUT2D eigenvalue weighted by Gasteiger charge is -2.25. The first kappa shape index (κ1) is 21.5. The molecule has 0 aliphatic carbocycles. The number of para-hydroxylation sites is 1. The summed E-state index contributed by atoms with van der Waals surface area (Å²) in [5.41, 5.74) is 8.95. The van der Waals surface area contributed by atoms with E-state index in [1.54, 1.807) is 0 Å². The average molecular weight is 475 g/mol. The summed E-state index contributed by atoms with van der Waals surface area (Å²) < 4.78 is 2.16. The second kappa shape index (κ2) is 8.14. The Kier molecular flexibility index (Phi) is 4.86. The minimum Gasteiger partial charge on any atom is -0.354 e. The highest BCUT2D eigenvalue weighted by Crippen LogP contribution is 2.35. The highest BCUT2D eigenvalue weighted by Gasteiger charge is 2.40. The molecule has 0 bridgehead atoms. The van der Waals surface area contributed by atoms with E-state index in [0.29, 0.717) is 5.54 Å². The van der Waals surface area contributed by atoms with Crippen molar-refractivity contribution in [3.8, 4) is 22.4 Å². The number of nitrogens with zero attached hydrogens (tertiary/aromatic N) is 5. The average Bonchev–Trinajstić information content (AvgIpc) is 3.64. The number of benzene rings is 1. The summed E-state index contributed by atoms with van der Waals surface area (Å²) in [5.74, 6) is 1.12. The number of imidazole rings is 1. The van der Waals surface area contributed by atoms with Gasteiger partial charge in [-0.1, -0.05) is 18.2 Å². The van der Waals surface area contributed by atoms with E-state index in [0.717, 1.165) is 70.1 Å². The molecule has 1 N–H and O–H groups in total. The predicted molar refractivity (Wildman–Crippen MR) is 145 cm³/mol. The molecule has 180 valence electrons. The number of pyridine rings is 3. The van der Waals surface area contributed by atoms with Gasteiger partial charge in [0.05, 0.1) is 17.4 Å². The summed E-state index contributed by atoms with van der Waals surface area (Å²) in [5, 5.41) is 4.89. The third-order valence-corrected chi connectivity index (χ3v) is 8.00. The number of fused-ring (bicyclic) bond motifs is 2. The number of anilines is 1. The molecule has 0 saturated carbocycles. The minimum atomic E-state index is 0.300. The third-order valence-electron chi connectivity index (χ3n) is 8.00. The Balaban J connectivity index is 1.22. The van der Waals surface area contributed by atoms with Gasteiger partial charge in [-0.2, -0.15) is 0 Å². The van der Waals surface area contributed by atoms with Crippen LogP contribution in [0.3, 0.4) is 0 Å². The van der Waals surface area contributed by atoms with Crippen molar-refractivity contribution in [2.45, 2.75) is 38.6 Å². The smallest absolute Gasteiger partial charge is 0.137 e. The van der Waals surface area contributed by atoms with Crippen LogP contribution >= 0.6 is 0 Å². The van der Waals surface area contributed by atoms with Crippen LogP contribution in [0.15, 0.2) is 67.1 Å². The maximum Gasteiger partial charge on any atom is 0.137 e. The Morgan fingerprint density at radius 2 is 1.86 bits per heavy atom. The van der Waals surface area contributed by atoms with E-state index < -0.39 is 0 Å². The van der Waals surface area contributed by atoms with Gasteiger partial charge in [0.15, 0.2) is 0 Å². The predicted octanol–water partition coefficient (Wildman–Crippen LogP) is 5.56. The minimum absolute atomic E-state index is 0.300. The molecule has 7 rings (SSSR count). The molecule has 1 atom stereocenters.